The van der Waals surface area contributed by atoms with Crippen LogP contribution in [-0.2, 0) is 11.3 Å². The fourth-order valence-electron chi connectivity index (χ4n) is 1.70. The zero-order chi connectivity index (χ0) is 13.2. The highest BCUT2D eigenvalue weighted by Gasteiger charge is 2.02. The van der Waals surface area contributed by atoms with Crippen molar-refractivity contribution in [1.29, 1.82) is 0 Å². The van der Waals surface area contributed by atoms with E-state index in [9.17, 15) is 0 Å². The molecular formula is C13H26N4O. The zero-order valence-electron chi connectivity index (χ0n) is 11.9. The minimum atomic E-state index is 0.779. The topological polar surface area (TPSA) is 42.3 Å². The highest BCUT2D eigenvalue weighted by molar-refractivity contribution is 5.25. The molecule has 0 bridgehead atoms. The highest BCUT2D eigenvalue weighted by Crippen LogP contribution is 2.05. The van der Waals surface area contributed by atoms with E-state index in [-0.39, 0.29) is 0 Å². The molecule has 0 amide bonds. The van der Waals surface area contributed by atoms with E-state index in [0.29, 0.717) is 0 Å². The fraction of sp³-hybridized carbons (Fsp3) is 0.769. The third kappa shape index (κ3) is 5.51. The second-order valence-electron chi connectivity index (χ2n) is 4.52. The van der Waals surface area contributed by atoms with Crippen molar-refractivity contribution in [3.8, 4) is 0 Å². The molecule has 1 heterocycles. The quantitative estimate of drug-likeness (QED) is 0.690. The first-order valence-electron chi connectivity index (χ1n) is 6.70. The molecule has 104 valence electrons. The number of hydrogen-bond acceptors (Lipinski definition) is 4. The van der Waals surface area contributed by atoms with Gasteiger partial charge in [0.2, 0.25) is 5.95 Å². The van der Waals surface area contributed by atoms with Crippen molar-refractivity contribution in [3.63, 3.8) is 0 Å². The Morgan fingerprint density at radius 2 is 2.28 bits per heavy atom. The number of aromatic nitrogens is 2. The molecule has 1 rings (SSSR count). The Labute approximate surface area is 110 Å². The van der Waals surface area contributed by atoms with Gasteiger partial charge in [-0.2, -0.15) is 0 Å². The number of unbranched alkanes of at least 4 members (excludes halogenated alkanes) is 1. The van der Waals surface area contributed by atoms with Crippen molar-refractivity contribution >= 4 is 5.95 Å². The van der Waals surface area contributed by atoms with Crippen LogP contribution in [0.25, 0.3) is 0 Å². The first-order valence-corrected chi connectivity index (χ1v) is 6.70. The van der Waals surface area contributed by atoms with Crippen LogP contribution in [0.5, 0.6) is 0 Å². The average Bonchev–Trinajstić information content (AvgIpc) is 2.81. The van der Waals surface area contributed by atoms with E-state index in [4.69, 9.17) is 4.74 Å². The van der Waals surface area contributed by atoms with Crippen LogP contribution in [0, 0.1) is 0 Å². The van der Waals surface area contributed by atoms with E-state index in [2.05, 4.69) is 33.7 Å². The number of likely N-dealkylation sites (N-methyl/N-ethyl adjacent to an activating group) is 1. The summed E-state index contributed by atoms with van der Waals surface area (Å²) in [6, 6.07) is 0. The van der Waals surface area contributed by atoms with Gasteiger partial charge in [-0.25, -0.2) is 4.98 Å². The minimum absolute atomic E-state index is 0.779. The maximum atomic E-state index is 5.05. The third-order valence-corrected chi connectivity index (χ3v) is 2.92. The van der Waals surface area contributed by atoms with Crippen LogP contribution >= 0.6 is 0 Å². The van der Waals surface area contributed by atoms with E-state index in [1.807, 2.05) is 12.4 Å². The fourth-order valence-corrected chi connectivity index (χ4v) is 1.70. The molecular weight excluding hydrogens is 228 g/mol. The SMILES string of the molecule is CCCCn1ccnc1NCCN(C)CCOC. The van der Waals surface area contributed by atoms with Gasteiger partial charge in [-0.05, 0) is 13.5 Å². The molecule has 0 saturated heterocycles. The number of ether oxygens (including phenoxy) is 1. The Morgan fingerprint density at radius 3 is 3.00 bits per heavy atom. The largest absolute Gasteiger partial charge is 0.383 e. The molecule has 0 saturated carbocycles. The first-order chi connectivity index (χ1) is 8.77. The lowest BCUT2D eigenvalue weighted by molar-refractivity contribution is 0.163. The van der Waals surface area contributed by atoms with Crippen LogP contribution in [-0.4, -0.2) is 54.8 Å². The molecule has 0 atom stereocenters. The number of nitrogens with one attached hydrogen (secondary N) is 1. The number of nitrogens with zero attached hydrogens (tertiary/aromatic N) is 3. The molecule has 0 radical (unpaired) electrons. The zero-order valence-corrected chi connectivity index (χ0v) is 11.9. The van der Waals surface area contributed by atoms with Crippen molar-refractivity contribution in [2.75, 3.05) is 45.7 Å². The number of imidazole rings is 1. The molecule has 1 aromatic rings. The lowest BCUT2D eigenvalue weighted by Gasteiger charge is -2.16. The molecule has 1 N–H and O–H groups in total. The van der Waals surface area contributed by atoms with Crippen LogP contribution in [0.2, 0.25) is 0 Å². The molecule has 1 aromatic heterocycles. The van der Waals surface area contributed by atoms with Gasteiger partial charge in [-0.1, -0.05) is 13.3 Å². The number of anilines is 1. The van der Waals surface area contributed by atoms with Gasteiger partial charge in [0.05, 0.1) is 6.61 Å². The summed E-state index contributed by atoms with van der Waals surface area (Å²) < 4.78 is 7.23. The van der Waals surface area contributed by atoms with E-state index < -0.39 is 0 Å². The summed E-state index contributed by atoms with van der Waals surface area (Å²) in [6.07, 6.45) is 6.29. The lowest BCUT2D eigenvalue weighted by atomic mass is 10.3. The first kappa shape index (κ1) is 15.0. The van der Waals surface area contributed by atoms with Crippen LogP contribution in [0.15, 0.2) is 12.4 Å². The van der Waals surface area contributed by atoms with E-state index in [0.717, 1.165) is 38.7 Å². The van der Waals surface area contributed by atoms with Gasteiger partial charge < -0.3 is 19.5 Å². The molecule has 0 aromatic carbocycles. The van der Waals surface area contributed by atoms with Gasteiger partial charge in [-0.3, -0.25) is 0 Å². The normalized spacial score (nSPS) is 11.1. The van der Waals surface area contributed by atoms with Gasteiger partial charge in [0.25, 0.3) is 0 Å². The number of rotatable bonds is 10. The minimum Gasteiger partial charge on any atom is -0.383 e. The van der Waals surface area contributed by atoms with Gasteiger partial charge in [0.1, 0.15) is 0 Å². The van der Waals surface area contributed by atoms with Gasteiger partial charge >= 0.3 is 0 Å². The van der Waals surface area contributed by atoms with Crippen molar-refractivity contribution in [1.82, 2.24) is 14.5 Å². The van der Waals surface area contributed by atoms with E-state index in [1.54, 1.807) is 7.11 Å². The highest BCUT2D eigenvalue weighted by atomic mass is 16.5. The Balaban J connectivity index is 2.24. The summed E-state index contributed by atoms with van der Waals surface area (Å²) in [7, 11) is 3.83. The predicted octanol–water partition coefficient (Wildman–Crippen LogP) is 1.67. The molecule has 0 aliphatic rings. The van der Waals surface area contributed by atoms with E-state index in [1.165, 1.54) is 12.8 Å². The molecule has 0 fully saturated rings. The maximum Gasteiger partial charge on any atom is 0.202 e. The van der Waals surface area contributed by atoms with Crippen molar-refractivity contribution in [2.24, 2.45) is 0 Å². The second kappa shape index (κ2) is 8.94. The van der Waals surface area contributed by atoms with Crippen molar-refractivity contribution in [2.45, 2.75) is 26.3 Å². The Hall–Kier alpha value is -1.07. The average molecular weight is 254 g/mol. The number of methoxy groups -OCH3 is 1. The predicted molar refractivity (Wildman–Crippen MR) is 75.0 cm³/mol. The van der Waals surface area contributed by atoms with Gasteiger partial charge in [0.15, 0.2) is 0 Å². The summed E-state index contributed by atoms with van der Waals surface area (Å²) in [5.74, 6) is 0.976. The smallest absolute Gasteiger partial charge is 0.202 e. The lowest BCUT2D eigenvalue weighted by Crippen LogP contribution is -2.28. The summed E-state index contributed by atoms with van der Waals surface area (Å²) in [5.41, 5.74) is 0. The van der Waals surface area contributed by atoms with E-state index >= 15 is 0 Å². The van der Waals surface area contributed by atoms with Crippen LogP contribution in [0.1, 0.15) is 19.8 Å². The summed E-state index contributed by atoms with van der Waals surface area (Å²) in [5, 5.41) is 3.38. The standard InChI is InChI=1S/C13H26N4O/c1-4-5-8-17-10-7-15-13(17)14-6-9-16(2)11-12-18-3/h7,10H,4-6,8-9,11-12H2,1-3H3,(H,14,15). The van der Waals surface area contributed by atoms with Crippen LogP contribution in [0.4, 0.5) is 5.95 Å². The molecule has 0 aliphatic carbocycles. The van der Waals surface area contributed by atoms with Crippen molar-refractivity contribution in [3.05, 3.63) is 12.4 Å². The Kier molecular flexibility index (Phi) is 7.44. The monoisotopic (exact) mass is 254 g/mol. The molecule has 0 spiro atoms. The molecule has 0 aliphatic heterocycles. The molecule has 0 unspecified atom stereocenters. The molecule has 5 heteroatoms. The Morgan fingerprint density at radius 1 is 1.44 bits per heavy atom. The second-order valence-corrected chi connectivity index (χ2v) is 4.52. The summed E-state index contributed by atoms with van der Waals surface area (Å²) >= 11 is 0. The number of hydrogen-bond donors (Lipinski definition) is 1. The van der Waals surface area contributed by atoms with Gasteiger partial charge in [0, 0.05) is 45.7 Å². The Bertz CT molecular complexity index is 314. The molecule has 18 heavy (non-hydrogen) atoms. The van der Waals surface area contributed by atoms with Crippen LogP contribution in [0.3, 0.4) is 0 Å². The van der Waals surface area contributed by atoms with Gasteiger partial charge in [-0.15, -0.1) is 0 Å². The summed E-state index contributed by atoms with van der Waals surface area (Å²) in [4.78, 5) is 6.58. The molecule has 5 nitrogen and oxygen atoms in total. The van der Waals surface area contributed by atoms with Crippen molar-refractivity contribution < 1.29 is 4.74 Å². The summed E-state index contributed by atoms with van der Waals surface area (Å²) in [6.45, 7) is 6.88. The number of aryl methyl sites for hydroxylation is 1. The third-order valence-electron chi connectivity index (χ3n) is 2.92. The van der Waals surface area contributed by atoms with Crippen LogP contribution < -0.4 is 5.32 Å². The maximum absolute atomic E-state index is 5.05.